The molecule has 3 aromatic rings. The summed E-state index contributed by atoms with van der Waals surface area (Å²) in [4.78, 5) is 12.8. The van der Waals surface area contributed by atoms with E-state index in [2.05, 4.69) is 26.1 Å². The van der Waals surface area contributed by atoms with Crippen LogP contribution in [0.5, 0.6) is 11.8 Å². The van der Waals surface area contributed by atoms with Gasteiger partial charge >= 0.3 is 6.01 Å². The van der Waals surface area contributed by atoms with Crippen LogP contribution in [0.4, 0.5) is 27.8 Å². The normalized spacial score (nSPS) is 31.3. The summed E-state index contributed by atoms with van der Waals surface area (Å²) in [5.41, 5.74) is -2.04. The maximum absolute atomic E-state index is 17.5. The van der Waals surface area contributed by atoms with E-state index in [1.807, 2.05) is 4.90 Å². The lowest BCUT2D eigenvalue weighted by atomic mass is 9.95. The van der Waals surface area contributed by atoms with Gasteiger partial charge in [0.05, 0.1) is 11.1 Å². The highest BCUT2D eigenvalue weighted by molar-refractivity contribution is 7.89. The summed E-state index contributed by atoms with van der Waals surface area (Å²) in [6, 6.07) is 3.09. The number of fused-ring (bicyclic) bond motifs is 5. The molecule has 9 nitrogen and oxygen atoms in total. The molecule has 1 aromatic heterocycles. The fourth-order valence-electron chi connectivity index (χ4n) is 8.73. The van der Waals surface area contributed by atoms with Crippen molar-refractivity contribution in [3.05, 3.63) is 46.9 Å². The number of phenols is 1. The number of ether oxygens (including phenoxy) is 1. The summed E-state index contributed by atoms with van der Waals surface area (Å²) in [5.74, 6) is -3.25. The molecule has 262 valence electrons. The monoisotopic (exact) mass is 712 g/mol. The Hall–Kier alpha value is -3.84. The Balaban J connectivity index is 1.25. The summed E-state index contributed by atoms with van der Waals surface area (Å²) in [5, 5.41) is 14.4. The van der Waals surface area contributed by atoms with Crippen LogP contribution in [0.1, 0.15) is 55.3 Å². The van der Waals surface area contributed by atoms with E-state index in [-0.39, 0.29) is 69.5 Å². The molecule has 6 heterocycles. The largest absolute Gasteiger partial charge is 0.588 e. The minimum atomic E-state index is -3.31. The van der Waals surface area contributed by atoms with Gasteiger partial charge in [-0.15, -0.1) is 6.42 Å². The van der Waals surface area contributed by atoms with Crippen LogP contribution in [0.2, 0.25) is 0 Å². The molecule has 6 atom stereocenters. The van der Waals surface area contributed by atoms with Gasteiger partial charge < -0.3 is 24.6 Å². The lowest BCUT2D eigenvalue weighted by Crippen LogP contribution is -2.52. The smallest absolute Gasteiger partial charge is 0.319 e. The number of benzene rings is 2. The summed E-state index contributed by atoms with van der Waals surface area (Å²) >= 11 is -2.49. The molecule has 5 aliphatic heterocycles. The van der Waals surface area contributed by atoms with Gasteiger partial charge in [-0.3, -0.25) is 4.90 Å². The number of nitrogens with one attached hydrogen (secondary N) is 1. The zero-order valence-electron chi connectivity index (χ0n) is 26.8. The highest BCUT2D eigenvalue weighted by atomic mass is 32.2. The highest BCUT2D eigenvalue weighted by Crippen LogP contribution is 2.56. The van der Waals surface area contributed by atoms with E-state index in [0.717, 1.165) is 42.2 Å². The number of aromatic hydroxyl groups is 1. The number of halogens is 5. The first-order valence-corrected chi connectivity index (χ1v) is 17.9. The van der Waals surface area contributed by atoms with Gasteiger partial charge in [0.1, 0.15) is 47.4 Å². The second-order valence-electron chi connectivity index (χ2n) is 14.3. The van der Waals surface area contributed by atoms with Crippen LogP contribution >= 0.6 is 0 Å². The maximum Gasteiger partial charge on any atom is 0.319 e. The van der Waals surface area contributed by atoms with Crippen molar-refractivity contribution < 1.29 is 36.3 Å². The van der Waals surface area contributed by atoms with E-state index in [4.69, 9.17) is 11.2 Å². The minimum absolute atomic E-state index is 0.0169. The summed E-state index contributed by atoms with van der Waals surface area (Å²) in [7, 11) is 0. The molecule has 5 fully saturated rings. The molecule has 9 rings (SSSR count). The van der Waals surface area contributed by atoms with Crippen molar-refractivity contribution in [1.29, 1.82) is 0 Å². The first-order valence-electron chi connectivity index (χ1n) is 16.8. The molecule has 4 unspecified atom stereocenters. The molecule has 50 heavy (non-hydrogen) atoms. The standard InChI is InChI=1S/C35H33F5N6O3S/c1-2-23-25(37)7-4-18-10-22(47)11-24(27(18)23)30-28(38)29-31(50(48)46(30)26-13-35(26,39)40)32(44-15-20-5-6-21(16-44)41-20)43-33(42-29)49-17-34-8-3-9-45(34)14-19(36)12-34/h1,4,7,10-11,19-21,26,41,47H,3,5-6,8-9,12-17H2/t19-,20?,21?,26?,34+,50?/m1/s1. The predicted octanol–water partition coefficient (Wildman–Crippen LogP) is 4.89. The second kappa shape index (κ2) is 11.3. The lowest BCUT2D eigenvalue weighted by Gasteiger charge is -2.38. The molecule has 1 saturated carbocycles. The number of aromatic nitrogens is 2. The molecular weight excluding hydrogens is 679 g/mol. The molecule has 6 aliphatic rings. The number of rotatable bonds is 6. The van der Waals surface area contributed by atoms with Gasteiger partial charge in [0.15, 0.2) is 17.3 Å². The Morgan fingerprint density at radius 3 is 2.60 bits per heavy atom. The van der Waals surface area contributed by atoms with Crippen LogP contribution in [-0.2, 0) is 11.4 Å². The minimum Gasteiger partial charge on any atom is -0.588 e. The van der Waals surface area contributed by atoms with Gasteiger partial charge in [-0.2, -0.15) is 14.3 Å². The molecule has 4 saturated heterocycles. The number of anilines is 1. The van der Waals surface area contributed by atoms with Crippen molar-refractivity contribution in [3.63, 3.8) is 0 Å². The van der Waals surface area contributed by atoms with Crippen molar-refractivity contribution in [2.75, 3.05) is 37.7 Å². The van der Waals surface area contributed by atoms with Crippen LogP contribution in [-0.4, -0.2) is 97.4 Å². The molecule has 15 heteroatoms. The Morgan fingerprint density at radius 1 is 1.12 bits per heavy atom. The lowest BCUT2D eigenvalue weighted by molar-refractivity contribution is 0.0989. The van der Waals surface area contributed by atoms with E-state index < -0.39 is 64.5 Å². The first-order chi connectivity index (χ1) is 24.0. The number of hydrogen-bond donors (Lipinski definition) is 2. The molecule has 0 amide bonds. The van der Waals surface area contributed by atoms with E-state index in [0.29, 0.717) is 26.1 Å². The van der Waals surface area contributed by atoms with Crippen molar-refractivity contribution in [1.82, 2.24) is 24.5 Å². The van der Waals surface area contributed by atoms with Crippen LogP contribution < -0.4 is 15.0 Å². The summed E-state index contributed by atoms with van der Waals surface area (Å²) < 4.78 is 98.9. The van der Waals surface area contributed by atoms with E-state index in [9.17, 15) is 22.8 Å². The van der Waals surface area contributed by atoms with Crippen LogP contribution in [0, 0.1) is 18.2 Å². The molecule has 0 radical (unpaired) electrons. The summed E-state index contributed by atoms with van der Waals surface area (Å²) in [6.45, 7) is 1.95. The summed E-state index contributed by atoms with van der Waals surface area (Å²) in [6.07, 6.45) is 7.60. The maximum atomic E-state index is 17.5. The van der Waals surface area contributed by atoms with Crippen molar-refractivity contribution in [2.45, 2.75) is 79.2 Å². The average molecular weight is 713 g/mol. The van der Waals surface area contributed by atoms with Gasteiger partial charge in [0.2, 0.25) is 0 Å². The second-order valence-corrected chi connectivity index (χ2v) is 15.6. The van der Waals surface area contributed by atoms with Crippen molar-refractivity contribution in [3.8, 4) is 24.1 Å². The zero-order chi connectivity index (χ0) is 34.7. The topological polar surface area (TPSA) is 100 Å². The van der Waals surface area contributed by atoms with Gasteiger partial charge in [-0.05, 0) is 55.8 Å². The Morgan fingerprint density at radius 2 is 1.88 bits per heavy atom. The number of piperazine rings is 1. The Bertz CT molecular complexity index is 2000. The average Bonchev–Trinajstić information content (AvgIpc) is 3.32. The van der Waals surface area contributed by atoms with Crippen LogP contribution in [0.25, 0.3) is 22.3 Å². The van der Waals surface area contributed by atoms with Crippen molar-refractivity contribution in [2.24, 2.45) is 0 Å². The van der Waals surface area contributed by atoms with Gasteiger partial charge in [0, 0.05) is 55.5 Å². The third kappa shape index (κ3) is 4.93. The Kier molecular flexibility index (Phi) is 7.27. The number of hydrogen-bond acceptors (Lipinski definition) is 9. The van der Waals surface area contributed by atoms with Gasteiger partial charge in [-0.25, -0.2) is 22.0 Å². The van der Waals surface area contributed by atoms with Gasteiger partial charge in [-0.1, -0.05) is 12.0 Å². The quantitative estimate of drug-likeness (QED) is 0.210. The molecule has 0 spiro atoms. The number of phenolic OH excluding ortho intramolecular Hbond substituents is 1. The Labute approximate surface area is 287 Å². The third-order valence-corrected chi connectivity index (χ3v) is 12.6. The first kappa shape index (κ1) is 32.1. The van der Waals surface area contributed by atoms with Gasteiger partial charge in [0.25, 0.3) is 10.8 Å². The van der Waals surface area contributed by atoms with E-state index in [1.54, 1.807) is 0 Å². The zero-order valence-corrected chi connectivity index (χ0v) is 27.6. The molecule has 2 aromatic carbocycles. The van der Waals surface area contributed by atoms with Crippen molar-refractivity contribution >= 4 is 39.5 Å². The third-order valence-electron chi connectivity index (χ3n) is 11.1. The highest BCUT2D eigenvalue weighted by Gasteiger charge is 2.66. The SMILES string of the molecule is C#Cc1c(F)ccc2cc(O)cc(C3=C(F)c4nc(OC[C@@]56CCCN5C[C@H](F)C6)nc(N5CC6CCC(C5)N6)c4[S+]([O-])N3C3CC3(F)F)c12. The van der Waals surface area contributed by atoms with E-state index in [1.165, 1.54) is 12.1 Å². The van der Waals surface area contributed by atoms with Crippen LogP contribution in [0.15, 0.2) is 29.2 Å². The molecule has 2 N–H and O–H groups in total. The van der Waals surface area contributed by atoms with E-state index >= 15 is 8.78 Å². The number of alkyl halides is 3. The number of nitrogens with zero attached hydrogens (tertiary/aromatic N) is 5. The molecule has 1 aliphatic carbocycles. The number of terminal acetylenes is 1. The fraction of sp³-hybridized carbons (Fsp3) is 0.486. The molecule has 2 bridgehead atoms. The fourth-order valence-corrected chi connectivity index (χ4v) is 10.4. The molecular formula is C35H33F5N6O3S. The predicted molar refractivity (Wildman–Crippen MR) is 176 cm³/mol. The van der Waals surface area contributed by atoms with Crippen LogP contribution in [0.3, 0.4) is 0 Å².